The Bertz CT molecular complexity index is 688. The molecule has 1 aromatic rings. The monoisotopic (exact) mass is 308 g/mol. The summed E-state index contributed by atoms with van der Waals surface area (Å²) in [6, 6.07) is 1.51. The number of aliphatic hydroxyl groups is 1. The highest BCUT2D eigenvalue weighted by Gasteiger charge is 2.31. The third-order valence-corrected chi connectivity index (χ3v) is 5.60. The summed E-state index contributed by atoms with van der Waals surface area (Å²) in [5, 5.41) is 10.8. The highest BCUT2D eigenvalue weighted by atomic mass is 32.2. The number of aliphatic hydroxyl groups excluding tert-OH is 1. The minimum absolute atomic E-state index is 0.107. The van der Waals surface area contributed by atoms with E-state index in [0.717, 1.165) is 0 Å². The molecule has 1 saturated heterocycles. The van der Waals surface area contributed by atoms with Gasteiger partial charge in [-0.1, -0.05) is 11.8 Å². The molecule has 6 nitrogen and oxygen atoms in total. The van der Waals surface area contributed by atoms with Crippen molar-refractivity contribution in [2.24, 2.45) is 0 Å². The Morgan fingerprint density at radius 1 is 1.52 bits per heavy atom. The van der Waals surface area contributed by atoms with Crippen LogP contribution in [0.15, 0.2) is 18.5 Å². The van der Waals surface area contributed by atoms with Crippen molar-refractivity contribution >= 4 is 15.7 Å². The smallest absolute Gasteiger partial charge is 0.252 e. The van der Waals surface area contributed by atoms with Crippen molar-refractivity contribution in [3.8, 4) is 11.8 Å². The normalized spacial score (nSPS) is 19.6. The third-order valence-electron chi connectivity index (χ3n) is 3.32. The van der Waals surface area contributed by atoms with Gasteiger partial charge in [0.2, 0.25) is 0 Å². The van der Waals surface area contributed by atoms with Crippen LogP contribution in [0.2, 0.25) is 0 Å². The lowest BCUT2D eigenvalue weighted by Crippen LogP contribution is -2.34. The first kappa shape index (κ1) is 15.5. The first-order valence-electron chi connectivity index (χ1n) is 6.58. The van der Waals surface area contributed by atoms with E-state index in [9.17, 15) is 13.2 Å². The largest absolute Gasteiger partial charge is 0.384 e. The Labute approximate surface area is 123 Å². The van der Waals surface area contributed by atoms with E-state index < -0.39 is 15.1 Å². The lowest BCUT2D eigenvalue weighted by Gasteiger charge is -2.11. The molecule has 1 aliphatic rings. The van der Waals surface area contributed by atoms with Gasteiger partial charge in [-0.05, 0) is 18.9 Å². The first-order valence-corrected chi connectivity index (χ1v) is 8.29. The van der Waals surface area contributed by atoms with Crippen LogP contribution in [0.4, 0.5) is 0 Å². The molecule has 0 saturated carbocycles. The average Bonchev–Trinajstić information content (AvgIpc) is 2.81. The molecule has 1 aromatic heterocycles. The van der Waals surface area contributed by atoms with Crippen molar-refractivity contribution in [1.82, 2.24) is 10.3 Å². The van der Waals surface area contributed by atoms with Gasteiger partial charge >= 0.3 is 0 Å². The quantitative estimate of drug-likeness (QED) is 0.750. The van der Waals surface area contributed by atoms with Crippen molar-refractivity contribution < 1.29 is 18.3 Å². The second-order valence-corrected chi connectivity index (χ2v) is 7.12. The van der Waals surface area contributed by atoms with Crippen LogP contribution in [-0.4, -0.2) is 48.6 Å². The third kappa shape index (κ3) is 3.80. The topological polar surface area (TPSA) is 96.4 Å². The lowest BCUT2D eigenvalue weighted by molar-refractivity contribution is 0.0953. The van der Waals surface area contributed by atoms with E-state index in [1.807, 2.05) is 0 Å². The molecular formula is C14H16N2O4S. The van der Waals surface area contributed by atoms with Crippen molar-refractivity contribution in [3.05, 3.63) is 29.6 Å². The van der Waals surface area contributed by atoms with Crippen LogP contribution >= 0.6 is 0 Å². The molecule has 0 bridgehead atoms. The van der Waals surface area contributed by atoms with Crippen molar-refractivity contribution in [3.63, 3.8) is 0 Å². The highest BCUT2D eigenvalue weighted by molar-refractivity contribution is 7.92. The minimum atomic E-state index is -3.08. The summed E-state index contributed by atoms with van der Waals surface area (Å²) in [5.41, 5.74) is 0.722. The van der Waals surface area contributed by atoms with Gasteiger partial charge in [0.25, 0.3) is 5.91 Å². The van der Waals surface area contributed by atoms with Gasteiger partial charge in [0.15, 0.2) is 9.84 Å². The van der Waals surface area contributed by atoms with Crippen LogP contribution < -0.4 is 5.32 Å². The molecule has 0 spiro atoms. The molecule has 2 N–H and O–H groups in total. The number of hydrogen-bond acceptors (Lipinski definition) is 5. The maximum atomic E-state index is 12.1. The summed E-state index contributed by atoms with van der Waals surface area (Å²) in [6.45, 7) is -0.202. The van der Waals surface area contributed by atoms with Gasteiger partial charge in [-0.2, -0.15) is 0 Å². The number of nitrogens with one attached hydrogen (secondary N) is 1. The molecular weight excluding hydrogens is 292 g/mol. The zero-order valence-corrected chi connectivity index (χ0v) is 12.2. The molecule has 0 aliphatic carbocycles. The standard InChI is InChI=1S/C14H16N2O4S/c17-7-1-3-11-9-15-6-5-13(11)14(18)16-10-12-4-2-8-21(12,19)20/h5-6,9,12,17H,2,4,7-8,10H2,(H,16,18). The van der Waals surface area contributed by atoms with Crippen LogP contribution in [0.3, 0.4) is 0 Å². The summed E-state index contributed by atoms with van der Waals surface area (Å²) >= 11 is 0. The van der Waals surface area contributed by atoms with Crippen molar-refractivity contribution in [1.29, 1.82) is 0 Å². The van der Waals surface area contributed by atoms with Gasteiger partial charge in [0, 0.05) is 18.9 Å². The zero-order valence-electron chi connectivity index (χ0n) is 11.4. The van der Waals surface area contributed by atoms with Gasteiger partial charge in [0.1, 0.15) is 6.61 Å². The summed E-state index contributed by atoms with van der Waals surface area (Å²) in [7, 11) is -3.08. The van der Waals surface area contributed by atoms with E-state index in [1.54, 1.807) is 0 Å². The highest BCUT2D eigenvalue weighted by Crippen LogP contribution is 2.19. The molecule has 1 fully saturated rings. The molecule has 7 heteroatoms. The van der Waals surface area contributed by atoms with Crippen molar-refractivity contribution in [2.75, 3.05) is 18.9 Å². The molecule has 0 radical (unpaired) electrons. The number of rotatable bonds is 3. The van der Waals surface area contributed by atoms with Crippen LogP contribution in [0.5, 0.6) is 0 Å². The van der Waals surface area contributed by atoms with Gasteiger partial charge in [0.05, 0.1) is 22.1 Å². The van der Waals surface area contributed by atoms with E-state index in [2.05, 4.69) is 22.1 Å². The molecule has 1 unspecified atom stereocenters. The maximum Gasteiger partial charge on any atom is 0.252 e. The fourth-order valence-electron chi connectivity index (χ4n) is 2.22. The predicted octanol–water partition coefficient (Wildman–Crippen LogP) is -0.268. The fourth-order valence-corrected chi connectivity index (χ4v) is 3.98. The van der Waals surface area contributed by atoms with E-state index in [4.69, 9.17) is 5.11 Å². The number of hydrogen-bond donors (Lipinski definition) is 2. The summed E-state index contributed by atoms with van der Waals surface area (Å²) in [6.07, 6.45) is 4.12. The number of pyridine rings is 1. The Hall–Kier alpha value is -1.91. The summed E-state index contributed by atoms with van der Waals surface area (Å²) in [5.74, 6) is 4.91. The molecule has 1 aliphatic heterocycles. The number of amides is 1. The SMILES string of the molecule is O=C(NCC1CCCS1(=O)=O)c1ccncc1C#CCO. The number of carbonyl (C=O) groups is 1. The molecule has 112 valence electrons. The van der Waals surface area contributed by atoms with Crippen LogP contribution in [0, 0.1) is 11.8 Å². The number of sulfone groups is 1. The first-order chi connectivity index (χ1) is 10.0. The molecule has 1 atom stereocenters. The van der Waals surface area contributed by atoms with Crippen LogP contribution in [0.1, 0.15) is 28.8 Å². The van der Waals surface area contributed by atoms with E-state index in [0.29, 0.717) is 24.0 Å². The zero-order chi connectivity index (χ0) is 15.3. The van der Waals surface area contributed by atoms with Gasteiger partial charge < -0.3 is 10.4 Å². The Kier molecular flexibility index (Phi) is 4.94. The average molecular weight is 308 g/mol. The Morgan fingerprint density at radius 2 is 2.33 bits per heavy atom. The van der Waals surface area contributed by atoms with Gasteiger partial charge in [-0.25, -0.2) is 8.42 Å². The molecule has 2 heterocycles. The number of nitrogens with zero attached hydrogens (tertiary/aromatic N) is 1. The second kappa shape index (κ2) is 6.70. The van der Waals surface area contributed by atoms with Gasteiger partial charge in [-0.15, -0.1) is 0 Å². The lowest BCUT2D eigenvalue weighted by atomic mass is 10.1. The number of aromatic nitrogens is 1. The molecule has 2 rings (SSSR count). The van der Waals surface area contributed by atoms with Crippen LogP contribution in [-0.2, 0) is 9.84 Å². The molecule has 21 heavy (non-hydrogen) atoms. The fraction of sp³-hybridized carbons (Fsp3) is 0.429. The van der Waals surface area contributed by atoms with E-state index in [1.165, 1.54) is 18.5 Å². The second-order valence-electron chi connectivity index (χ2n) is 4.72. The van der Waals surface area contributed by atoms with Gasteiger partial charge in [-0.3, -0.25) is 9.78 Å². The van der Waals surface area contributed by atoms with Crippen molar-refractivity contribution in [2.45, 2.75) is 18.1 Å². The number of carbonyl (C=O) groups excluding carboxylic acids is 1. The Balaban J connectivity index is 2.07. The predicted molar refractivity (Wildman–Crippen MR) is 77.3 cm³/mol. The van der Waals surface area contributed by atoms with E-state index in [-0.39, 0.29) is 24.8 Å². The van der Waals surface area contributed by atoms with Crippen LogP contribution in [0.25, 0.3) is 0 Å². The maximum absolute atomic E-state index is 12.1. The summed E-state index contributed by atoms with van der Waals surface area (Å²) in [4.78, 5) is 16.0. The Morgan fingerprint density at radius 3 is 3.00 bits per heavy atom. The minimum Gasteiger partial charge on any atom is -0.384 e. The molecule has 0 aromatic carbocycles. The molecule has 1 amide bonds. The summed E-state index contributed by atoms with van der Waals surface area (Å²) < 4.78 is 23.4. The van der Waals surface area contributed by atoms with E-state index >= 15 is 0 Å².